The first kappa shape index (κ1) is 9.65. The molecule has 0 atom stereocenters. The van der Waals surface area contributed by atoms with Crippen LogP contribution in [0.5, 0.6) is 0 Å². The molecule has 1 aromatic heterocycles. The molecule has 1 heterocycles. The van der Waals surface area contributed by atoms with Crippen molar-refractivity contribution in [1.29, 1.82) is 0 Å². The molecule has 78 valence electrons. The predicted molar refractivity (Wildman–Crippen MR) is 52.9 cm³/mol. The average Bonchev–Trinajstić information content (AvgIpc) is 2.60. The summed E-state index contributed by atoms with van der Waals surface area (Å²) in [5, 5.41) is 3.99. The largest absolute Gasteiger partial charge is 0.339 e. The van der Waals surface area contributed by atoms with Crippen LogP contribution in [0.15, 0.2) is 4.52 Å². The molecule has 0 radical (unpaired) electrons. The molecule has 0 unspecified atom stereocenters. The first-order valence-corrected chi connectivity index (χ1v) is 5.01. The highest BCUT2D eigenvalue weighted by Gasteiger charge is 2.43. The molecule has 0 bridgehead atoms. The van der Waals surface area contributed by atoms with E-state index in [4.69, 9.17) is 10.3 Å². The van der Waals surface area contributed by atoms with E-state index >= 15 is 0 Å². The number of aromatic nitrogens is 2. The molecular formula is C10H17N3O. The van der Waals surface area contributed by atoms with E-state index in [1.54, 1.807) is 0 Å². The Morgan fingerprint density at radius 2 is 2.14 bits per heavy atom. The third-order valence-electron chi connectivity index (χ3n) is 2.61. The van der Waals surface area contributed by atoms with Gasteiger partial charge in [0.2, 0.25) is 5.89 Å². The van der Waals surface area contributed by atoms with Gasteiger partial charge in [-0.3, -0.25) is 0 Å². The van der Waals surface area contributed by atoms with Gasteiger partial charge in [-0.05, 0) is 26.7 Å². The van der Waals surface area contributed by atoms with E-state index in [9.17, 15) is 0 Å². The van der Waals surface area contributed by atoms with Crippen LogP contribution in [-0.2, 0) is 11.8 Å². The fraction of sp³-hybridized carbons (Fsp3) is 0.800. The van der Waals surface area contributed by atoms with Gasteiger partial charge in [0.05, 0.1) is 0 Å². The Kier molecular flexibility index (Phi) is 1.93. The zero-order valence-corrected chi connectivity index (χ0v) is 9.00. The number of nitrogens with two attached hydrogens (primary N) is 1. The van der Waals surface area contributed by atoms with Crippen LogP contribution in [0.1, 0.15) is 45.3 Å². The summed E-state index contributed by atoms with van der Waals surface area (Å²) in [6.45, 7) is 6.07. The van der Waals surface area contributed by atoms with E-state index in [2.05, 4.69) is 17.1 Å². The Morgan fingerprint density at radius 3 is 2.64 bits per heavy atom. The third-order valence-corrected chi connectivity index (χ3v) is 2.61. The van der Waals surface area contributed by atoms with Crippen molar-refractivity contribution in [2.45, 2.75) is 51.0 Å². The second-order valence-corrected chi connectivity index (χ2v) is 5.24. The molecule has 0 aliphatic heterocycles. The fourth-order valence-corrected chi connectivity index (χ4v) is 1.37. The van der Waals surface area contributed by atoms with E-state index in [1.165, 1.54) is 0 Å². The summed E-state index contributed by atoms with van der Waals surface area (Å²) in [5.74, 6) is 1.50. The molecule has 2 N–H and O–H groups in total. The van der Waals surface area contributed by atoms with Crippen molar-refractivity contribution in [3.05, 3.63) is 11.7 Å². The predicted octanol–water partition coefficient (Wildman–Crippen LogP) is 1.40. The second-order valence-electron chi connectivity index (χ2n) is 5.24. The van der Waals surface area contributed by atoms with Crippen LogP contribution in [-0.4, -0.2) is 15.7 Å². The summed E-state index contributed by atoms with van der Waals surface area (Å²) in [6, 6.07) is 0. The summed E-state index contributed by atoms with van der Waals surface area (Å²) in [5.41, 5.74) is 5.77. The van der Waals surface area contributed by atoms with Crippen molar-refractivity contribution in [2.75, 3.05) is 0 Å². The second kappa shape index (κ2) is 2.79. The van der Waals surface area contributed by atoms with E-state index in [0.717, 1.165) is 18.7 Å². The molecule has 1 aliphatic carbocycles. The van der Waals surface area contributed by atoms with Crippen LogP contribution in [0, 0.1) is 0 Å². The summed E-state index contributed by atoms with van der Waals surface area (Å²) < 4.78 is 5.17. The molecule has 14 heavy (non-hydrogen) atoms. The van der Waals surface area contributed by atoms with Crippen molar-refractivity contribution in [1.82, 2.24) is 10.1 Å². The fourth-order valence-electron chi connectivity index (χ4n) is 1.37. The van der Waals surface area contributed by atoms with Gasteiger partial charge in [-0.15, -0.1) is 0 Å². The average molecular weight is 195 g/mol. The van der Waals surface area contributed by atoms with Crippen LogP contribution < -0.4 is 5.73 Å². The Labute approximate surface area is 83.9 Å². The number of nitrogens with zero attached hydrogens (tertiary/aromatic N) is 2. The van der Waals surface area contributed by atoms with Crippen molar-refractivity contribution in [2.24, 2.45) is 5.73 Å². The van der Waals surface area contributed by atoms with Crippen molar-refractivity contribution >= 4 is 0 Å². The monoisotopic (exact) mass is 195 g/mol. The quantitative estimate of drug-likeness (QED) is 0.791. The molecular weight excluding hydrogens is 178 g/mol. The third kappa shape index (κ3) is 1.95. The lowest BCUT2D eigenvalue weighted by molar-refractivity contribution is 0.342. The minimum atomic E-state index is -0.283. The van der Waals surface area contributed by atoms with Gasteiger partial charge in [0.1, 0.15) is 0 Å². The molecule has 1 aromatic rings. The smallest absolute Gasteiger partial charge is 0.228 e. The molecule has 2 rings (SSSR count). The van der Waals surface area contributed by atoms with Crippen LogP contribution in [0.25, 0.3) is 0 Å². The van der Waals surface area contributed by atoms with E-state index < -0.39 is 0 Å². The van der Waals surface area contributed by atoms with Crippen LogP contribution in [0.4, 0.5) is 0 Å². The molecule has 4 nitrogen and oxygen atoms in total. The van der Waals surface area contributed by atoms with Gasteiger partial charge >= 0.3 is 0 Å². The highest BCUT2D eigenvalue weighted by atomic mass is 16.5. The standard InChI is InChI=1S/C10H17N3O/c1-9(2,11)6-7-12-8(13-14-7)10(3)4-5-10/h4-6,11H2,1-3H3. The summed E-state index contributed by atoms with van der Waals surface area (Å²) in [6.07, 6.45) is 2.96. The Bertz CT molecular complexity index is 333. The maximum absolute atomic E-state index is 5.87. The van der Waals surface area contributed by atoms with Gasteiger partial charge < -0.3 is 10.3 Å². The lowest BCUT2D eigenvalue weighted by atomic mass is 10.0. The van der Waals surface area contributed by atoms with E-state index in [0.29, 0.717) is 12.3 Å². The molecule has 1 aliphatic rings. The SMILES string of the molecule is CC(C)(N)Cc1nc(C2(C)CC2)no1. The Balaban J connectivity index is 2.11. The number of rotatable bonds is 3. The minimum Gasteiger partial charge on any atom is -0.339 e. The first-order valence-electron chi connectivity index (χ1n) is 5.01. The zero-order valence-electron chi connectivity index (χ0n) is 9.00. The van der Waals surface area contributed by atoms with Crippen molar-refractivity contribution in [3.8, 4) is 0 Å². The van der Waals surface area contributed by atoms with Gasteiger partial charge in [-0.2, -0.15) is 4.98 Å². The molecule has 0 spiro atoms. The maximum atomic E-state index is 5.87. The zero-order chi connectivity index (χ0) is 10.4. The Morgan fingerprint density at radius 1 is 1.50 bits per heavy atom. The Hall–Kier alpha value is -0.900. The lowest BCUT2D eigenvalue weighted by Crippen LogP contribution is -2.34. The van der Waals surface area contributed by atoms with E-state index in [1.807, 2.05) is 13.8 Å². The minimum absolute atomic E-state index is 0.181. The first-order chi connectivity index (χ1) is 6.39. The van der Waals surface area contributed by atoms with Gasteiger partial charge in [0, 0.05) is 17.4 Å². The molecule has 0 aromatic carbocycles. The highest BCUT2D eigenvalue weighted by molar-refractivity contribution is 5.14. The molecule has 1 fully saturated rings. The number of hydrogen-bond donors (Lipinski definition) is 1. The van der Waals surface area contributed by atoms with Gasteiger partial charge in [-0.25, -0.2) is 0 Å². The molecule has 0 amide bonds. The summed E-state index contributed by atoms with van der Waals surface area (Å²) in [4.78, 5) is 4.37. The summed E-state index contributed by atoms with van der Waals surface area (Å²) in [7, 11) is 0. The van der Waals surface area contributed by atoms with Gasteiger partial charge in [0.25, 0.3) is 0 Å². The molecule has 4 heteroatoms. The van der Waals surface area contributed by atoms with Crippen LogP contribution in [0.3, 0.4) is 0 Å². The molecule has 0 saturated heterocycles. The van der Waals surface area contributed by atoms with Crippen molar-refractivity contribution < 1.29 is 4.52 Å². The van der Waals surface area contributed by atoms with Crippen LogP contribution in [0.2, 0.25) is 0 Å². The highest BCUT2D eigenvalue weighted by Crippen LogP contribution is 2.45. The lowest BCUT2D eigenvalue weighted by Gasteiger charge is -2.14. The topological polar surface area (TPSA) is 64.9 Å². The molecule has 1 saturated carbocycles. The van der Waals surface area contributed by atoms with Gasteiger partial charge in [0.15, 0.2) is 5.82 Å². The number of hydrogen-bond acceptors (Lipinski definition) is 4. The maximum Gasteiger partial charge on any atom is 0.228 e. The van der Waals surface area contributed by atoms with Crippen LogP contribution >= 0.6 is 0 Å². The van der Waals surface area contributed by atoms with Gasteiger partial charge in [-0.1, -0.05) is 12.1 Å². The van der Waals surface area contributed by atoms with Crippen molar-refractivity contribution in [3.63, 3.8) is 0 Å². The van der Waals surface area contributed by atoms with E-state index in [-0.39, 0.29) is 11.0 Å². The normalized spacial score (nSPS) is 19.7. The summed E-state index contributed by atoms with van der Waals surface area (Å²) >= 11 is 0.